The molecule has 18 heavy (non-hydrogen) atoms. The highest BCUT2D eigenvalue weighted by atomic mass is 16.4. The number of hydrogen-bond acceptors (Lipinski definition) is 1. The summed E-state index contributed by atoms with van der Waals surface area (Å²) >= 11 is 0. The Bertz CT molecular complexity index is 221. The van der Waals surface area contributed by atoms with Crippen molar-refractivity contribution in [1.29, 1.82) is 0 Å². The SMILES string of the molecule is CCC(C)CCCCC/C=C\CCCCC(=O)O. The van der Waals surface area contributed by atoms with Crippen LogP contribution < -0.4 is 0 Å². The van der Waals surface area contributed by atoms with E-state index in [1.54, 1.807) is 0 Å². The molecule has 1 N–H and O–H groups in total. The molecule has 0 amide bonds. The van der Waals surface area contributed by atoms with E-state index >= 15 is 0 Å². The summed E-state index contributed by atoms with van der Waals surface area (Å²) in [6.07, 6.45) is 15.4. The van der Waals surface area contributed by atoms with Crippen LogP contribution in [-0.4, -0.2) is 11.1 Å². The molecule has 0 aromatic heterocycles. The van der Waals surface area contributed by atoms with Crippen molar-refractivity contribution in [3.8, 4) is 0 Å². The monoisotopic (exact) mass is 254 g/mol. The summed E-state index contributed by atoms with van der Waals surface area (Å²) in [7, 11) is 0. The van der Waals surface area contributed by atoms with Gasteiger partial charge >= 0.3 is 5.97 Å². The fourth-order valence-electron chi connectivity index (χ4n) is 1.91. The first kappa shape index (κ1) is 17.2. The number of hydrogen-bond donors (Lipinski definition) is 1. The lowest BCUT2D eigenvalue weighted by Gasteiger charge is -2.06. The highest BCUT2D eigenvalue weighted by molar-refractivity contribution is 5.66. The number of aliphatic carboxylic acids is 1. The predicted octanol–water partition coefficient (Wildman–Crippen LogP) is 5.18. The van der Waals surface area contributed by atoms with Gasteiger partial charge in [-0.05, 0) is 38.0 Å². The molecule has 0 aliphatic carbocycles. The van der Waals surface area contributed by atoms with Crippen molar-refractivity contribution in [2.75, 3.05) is 0 Å². The van der Waals surface area contributed by atoms with Crippen molar-refractivity contribution in [3.05, 3.63) is 12.2 Å². The van der Waals surface area contributed by atoms with Gasteiger partial charge in [-0.3, -0.25) is 4.79 Å². The van der Waals surface area contributed by atoms with E-state index in [-0.39, 0.29) is 0 Å². The standard InChI is InChI=1S/C16H30O2/c1-3-15(2)13-11-9-7-5-4-6-8-10-12-14-16(17)18/h4,6,15H,3,5,7-14H2,1-2H3,(H,17,18)/b6-4-. The fraction of sp³-hybridized carbons (Fsp3) is 0.812. The molecule has 2 nitrogen and oxygen atoms in total. The second-order valence-corrected chi connectivity index (χ2v) is 5.26. The summed E-state index contributed by atoms with van der Waals surface area (Å²) in [6.45, 7) is 4.59. The van der Waals surface area contributed by atoms with Crippen LogP contribution in [0.1, 0.15) is 78.1 Å². The van der Waals surface area contributed by atoms with E-state index < -0.39 is 5.97 Å². The third-order valence-corrected chi connectivity index (χ3v) is 3.44. The van der Waals surface area contributed by atoms with Gasteiger partial charge in [-0.2, -0.15) is 0 Å². The molecule has 0 bridgehead atoms. The van der Waals surface area contributed by atoms with E-state index in [1.807, 2.05) is 0 Å². The molecule has 106 valence electrons. The van der Waals surface area contributed by atoms with Crippen molar-refractivity contribution in [1.82, 2.24) is 0 Å². The van der Waals surface area contributed by atoms with Crippen LogP contribution in [0.5, 0.6) is 0 Å². The van der Waals surface area contributed by atoms with E-state index in [0.717, 1.165) is 25.2 Å². The van der Waals surface area contributed by atoms with Gasteiger partial charge in [0.25, 0.3) is 0 Å². The lowest BCUT2D eigenvalue weighted by atomic mass is 10.0. The van der Waals surface area contributed by atoms with Gasteiger partial charge in [-0.25, -0.2) is 0 Å². The number of carboxylic acid groups (broad SMARTS) is 1. The molecule has 2 heteroatoms. The first-order valence-electron chi connectivity index (χ1n) is 7.53. The van der Waals surface area contributed by atoms with Crippen LogP contribution in [0.2, 0.25) is 0 Å². The molecule has 0 saturated carbocycles. The average Bonchev–Trinajstić information content (AvgIpc) is 2.35. The number of carbonyl (C=O) groups is 1. The van der Waals surface area contributed by atoms with Gasteiger partial charge in [0.1, 0.15) is 0 Å². The fourth-order valence-corrected chi connectivity index (χ4v) is 1.91. The third kappa shape index (κ3) is 13.3. The molecule has 0 fully saturated rings. The maximum absolute atomic E-state index is 10.3. The van der Waals surface area contributed by atoms with Crippen molar-refractivity contribution in [2.45, 2.75) is 78.1 Å². The minimum absolute atomic E-state index is 0.309. The summed E-state index contributed by atoms with van der Waals surface area (Å²) in [5, 5.41) is 8.48. The number of carboxylic acids is 1. The van der Waals surface area contributed by atoms with Gasteiger partial charge in [0.2, 0.25) is 0 Å². The van der Waals surface area contributed by atoms with Crippen LogP contribution in [0.25, 0.3) is 0 Å². The average molecular weight is 254 g/mol. The second-order valence-electron chi connectivity index (χ2n) is 5.26. The van der Waals surface area contributed by atoms with Crippen molar-refractivity contribution >= 4 is 5.97 Å². The summed E-state index contributed by atoms with van der Waals surface area (Å²) in [6, 6.07) is 0. The topological polar surface area (TPSA) is 37.3 Å². The second kappa shape index (κ2) is 12.7. The Hall–Kier alpha value is -0.790. The van der Waals surface area contributed by atoms with E-state index in [1.165, 1.54) is 38.5 Å². The lowest BCUT2D eigenvalue weighted by molar-refractivity contribution is -0.137. The molecule has 0 aliphatic rings. The van der Waals surface area contributed by atoms with Crippen molar-refractivity contribution in [2.24, 2.45) is 5.92 Å². The molecule has 1 unspecified atom stereocenters. The predicted molar refractivity (Wildman–Crippen MR) is 77.8 cm³/mol. The zero-order valence-corrected chi connectivity index (χ0v) is 12.2. The molecular formula is C16H30O2. The zero-order valence-electron chi connectivity index (χ0n) is 12.2. The summed E-state index contributed by atoms with van der Waals surface area (Å²) in [5.41, 5.74) is 0. The van der Waals surface area contributed by atoms with Gasteiger partial charge in [0.15, 0.2) is 0 Å². The first-order valence-corrected chi connectivity index (χ1v) is 7.53. The summed E-state index contributed by atoms with van der Waals surface area (Å²) in [4.78, 5) is 10.3. The molecule has 0 aromatic carbocycles. The first-order chi connectivity index (χ1) is 8.66. The highest BCUT2D eigenvalue weighted by Gasteiger charge is 1.97. The normalized spacial score (nSPS) is 13.0. The lowest BCUT2D eigenvalue weighted by Crippen LogP contribution is -1.92. The van der Waals surface area contributed by atoms with Crippen LogP contribution in [0.4, 0.5) is 0 Å². The van der Waals surface area contributed by atoms with Crippen LogP contribution in [-0.2, 0) is 4.79 Å². The molecule has 1 atom stereocenters. The van der Waals surface area contributed by atoms with Crippen molar-refractivity contribution in [3.63, 3.8) is 0 Å². The quantitative estimate of drug-likeness (QED) is 0.384. The Morgan fingerprint density at radius 2 is 1.67 bits per heavy atom. The van der Waals surface area contributed by atoms with E-state index in [0.29, 0.717) is 6.42 Å². The number of rotatable bonds is 12. The Kier molecular flexibility index (Phi) is 12.1. The third-order valence-electron chi connectivity index (χ3n) is 3.44. The van der Waals surface area contributed by atoms with Gasteiger partial charge in [-0.1, -0.05) is 51.7 Å². The maximum atomic E-state index is 10.3. The van der Waals surface area contributed by atoms with Gasteiger partial charge in [0, 0.05) is 6.42 Å². The Balaban J connectivity index is 3.16. The van der Waals surface area contributed by atoms with E-state index in [4.69, 9.17) is 5.11 Å². The summed E-state index contributed by atoms with van der Waals surface area (Å²) < 4.78 is 0. The van der Waals surface area contributed by atoms with Crippen LogP contribution in [0.15, 0.2) is 12.2 Å². The number of allylic oxidation sites excluding steroid dienone is 2. The molecule has 0 aliphatic heterocycles. The summed E-state index contributed by atoms with van der Waals surface area (Å²) in [5.74, 6) is 0.204. The van der Waals surface area contributed by atoms with Gasteiger partial charge in [0.05, 0.1) is 0 Å². The molecule has 0 heterocycles. The highest BCUT2D eigenvalue weighted by Crippen LogP contribution is 2.13. The Morgan fingerprint density at radius 1 is 1.06 bits per heavy atom. The minimum atomic E-state index is -0.680. The molecule has 0 radical (unpaired) electrons. The Morgan fingerprint density at radius 3 is 2.22 bits per heavy atom. The van der Waals surface area contributed by atoms with Crippen molar-refractivity contribution < 1.29 is 9.90 Å². The van der Waals surface area contributed by atoms with Gasteiger partial charge < -0.3 is 5.11 Å². The zero-order chi connectivity index (χ0) is 13.6. The van der Waals surface area contributed by atoms with E-state index in [2.05, 4.69) is 26.0 Å². The van der Waals surface area contributed by atoms with Crippen LogP contribution in [0.3, 0.4) is 0 Å². The van der Waals surface area contributed by atoms with Crippen LogP contribution in [0, 0.1) is 5.92 Å². The maximum Gasteiger partial charge on any atom is 0.303 e. The van der Waals surface area contributed by atoms with Crippen LogP contribution >= 0.6 is 0 Å². The molecule has 0 saturated heterocycles. The number of unbranched alkanes of at least 4 members (excludes halogenated alkanes) is 5. The largest absolute Gasteiger partial charge is 0.481 e. The minimum Gasteiger partial charge on any atom is -0.481 e. The van der Waals surface area contributed by atoms with E-state index in [9.17, 15) is 4.79 Å². The molecule has 0 spiro atoms. The molecule has 0 aromatic rings. The molecular weight excluding hydrogens is 224 g/mol. The Labute approximate surface area is 112 Å². The van der Waals surface area contributed by atoms with Gasteiger partial charge in [-0.15, -0.1) is 0 Å². The smallest absolute Gasteiger partial charge is 0.303 e. The molecule has 0 rings (SSSR count).